The zero-order valence-electron chi connectivity index (χ0n) is 25.1. The van der Waals surface area contributed by atoms with E-state index in [4.69, 9.17) is 18.9 Å². The Morgan fingerprint density at radius 2 is 1.76 bits per heavy atom. The van der Waals surface area contributed by atoms with Gasteiger partial charge in [-0.05, 0) is 38.0 Å². The Balaban J connectivity index is 1.85. The van der Waals surface area contributed by atoms with Crippen LogP contribution in [0.2, 0.25) is 0 Å². The number of Topliss-reactive ketones (excluding diaryl/α,β-unsaturated/α-hetero) is 1. The molecule has 1 heterocycles. The molecule has 2 saturated carbocycles. The van der Waals surface area contributed by atoms with Crippen LogP contribution in [-0.4, -0.2) is 89.5 Å². The zero-order valence-corrected chi connectivity index (χ0v) is 25.1. The van der Waals surface area contributed by atoms with Crippen molar-refractivity contribution in [1.82, 2.24) is 0 Å². The third kappa shape index (κ3) is 4.06. The minimum atomic E-state index is -1.87. The Bertz CT molecular complexity index is 1290. The molecule has 1 saturated heterocycles. The molecule has 1 aliphatic heterocycles. The summed E-state index contributed by atoms with van der Waals surface area (Å²) in [5, 5.41) is 34.3. The molecule has 10 nitrogen and oxygen atoms in total. The monoisotopic (exact) mass is 586 g/mol. The van der Waals surface area contributed by atoms with E-state index >= 15 is 0 Å². The number of ketones is 1. The van der Waals surface area contributed by atoms with Gasteiger partial charge in [-0.1, -0.05) is 37.6 Å². The molecule has 0 radical (unpaired) electrons. The highest BCUT2D eigenvalue weighted by Gasteiger charge is 2.77. The minimum Gasteiger partial charge on any atom is -0.455 e. The van der Waals surface area contributed by atoms with Gasteiger partial charge in [0.2, 0.25) is 0 Å². The number of hydrogen-bond acceptors (Lipinski definition) is 10. The molecule has 2 unspecified atom stereocenters. The van der Waals surface area contributed by atoms with Crippen LogP contribution in [0.1, 0.15) is 57.8 Å². The second kappa shape index (κ2) is 10.5. The molecule has 230 valence electrons. The van der Waals surface area contributed by atoms with Gasteiger partial charge in [0.05, 0.1) is 42.1 Å². The first-order valence-electron chi connectivity index (χ1n) is 14.5. The second-order valence-electron chi connectivity index (χ2n) is 13.1. The van der Waals surface area contributed by atoms with Crippen LogP contribution in [-0.2, 0) is 28.5 Å². The summed E-state index contributed by atoms with van der Waals surface area (Å²) in [6, 6.07) is 8.33. The maximum absolute atomic E-state index is 15.0. The summed E-state index contributed by atoms with van der Waals surface area (Å²) in [4.78, 5) is 41.4. The molecule has 0 aromatic heterocycles. The number of aliphatic hydroxyl groups excluding tert-OH is 2. The summed E-state index contributed by atoms with van der Waals surface area (Å²) in [5.41, 5.74) is -4.56. The molecule has 0 amide bonds. The quantitative estimate of drug-likeness (QED) is 0.335. The first-order valence-corrected chi connectivity index (χ1v) is 14.5. The minimum absolute atomic E-state index is 0.00316. The standard InChI is InChI=1S/C32H42O10/c1-17-20(14-33)13-32(38)27(41-28(37)19-10-8-7-9-11-19)25-30(5,26(36)21(15-34)24(17)29(32,3)4)22(39-6)12-23-31(25,16-40-23)42-18(2)35/h7-11,20-23,25,27,33-34,38H,12-16H2,1-6H3/t20?,21-,22+,23-,25?,27+,30-,31+,32-/m1/s1. The van der Waals surface area contributed by atoms with E-state index in [9.17, 15) is 29.7 Å². The largest absolute Gasteiger partial charge is 0.455 e. The number of aliphatic hydroxyl groups is 3. The SMILES string of the molecule is CO[C@H]1C[C@H]2OC[C@@]2(OC(C)=O)C2[C@H](OC(=O)c3ccccc3)[C@]3(O)CC(CO)C(C)=C([C@@H](CO)C(=O)[C@@]21C)C3(C)C. The van der Waals surface area contributed by atoms with Crippen molar-refractivity contribution < 1.29 is 48.7 Å². The van der Waals surface area contributed by atoms with Gasteiger partial charge in [0.15, 0.2) is 11.4 Å². The number of methoxy groups -OCH3 is 1. The van der Waals surface area contributed by atoms with Gasteiger partial charge in [-0.25, -0.2) is 4.79 Å². The summed E-state index contributed by atoms with van der Waals surface area (Å²) in [7, 11) is 1.47. The average molecular weight is 587 g/mol. The molecule has 3 fully saturated rings. The van der Waals surface area contributed by atoms with Crippen molar-refractivity contribution in [2.24, 2.45) is 28.6 Å². The molecule has 1 aromatic rings. The third-order valence-electron chi connectivity index (χ3n) is 10.9. The number of carbonyl (C=O) groups excluding carboxylic acids is 3. The van der Waals surface area contributed by atoms with Gasteiger partial charge >= 0.3 is 11.9 Å². The molecule has 4 aliphatic rings. The van der Waals surface area contributed by atoms with Crippen LogP contribution in [0, 0.1) is 28.6 Å². The third-order valence-corrected chi connectivity index (χ3v) is 10.9. The summed E-state index contributed by atoms with van der Waals surface area (Å²) in [6.45, 7) is 7.35. The molecule has 42 heavy (non-hydrogen) atoms. The molecule has 10 heteroatoms. The fourth-order valence-electron chi connectivity index (χ4n) is 8.71. The van der Waals surface area contributed by atoms with Gasteiger partial charge in [-0.15, -0.1) is 0 Å². The summed E-state index contributed by atoms with van der Waals surface area (Å²) in [6.07, 6.45) is -2.68. The topological polar surface area (TPSA) is 149 Å². The van der Waals surface area contributed by atoms with E-state index in [1.807, 2.05) is 6.92 Å². The van der Waals surface area contributed by atoms with Crippen molar-refractivity contribution in [1.29, 1.82) is 0 Å². The Morgan fingerprint density at radius 3 is 2.29 bits per heavy atom. The van der Waals surface area contributed by atoms with Crippen molar-refractivity contribution >= 4 is 17.7 Å². The maximum atomic E-state index is 15.0. The lowest BCUT2D eigenvalue weighted by atomic mass is 9.43. The number of ether oxygens (including phenoxy) is 4. The number of benzene rings is 1. The van der Waals surface area contributed by atoms with E-state index < -0.39 is 76.6 Å². The fraction of sp³-hybridized carbons (Fsp3) is 0.656. The van der Waals surface area contributed by atoms with Gasteiger partial charge in [0.1, 0.15) is 17.8 Å². The highest BCUT2D eigenvalue weighted by Crippen LogP contribution is 2.65. The molecule has 5 rings (SSSR count). The van der Waals surface area contributed by atoms with Gasteiger partial charge < -0.3 is 34.3 Å². The molecule has 2 bridgehead atoms. The highest BCUT2D eigenvalue weighted by molar-refractivity contribution is 5.92. The van der Waals surface area contributed by atoms with Crippen LogP contribution in [0.15, 0.2) is 41.5 Å². The summed E-state index contributed by atoms with van der Waals surface area (Å²) in [5.74, 6) is -4.46. The first kappa shape index (κ1) is 30.8. The Kier molecular flexibility index (Phi) is 7.72. The lowest BCUT2D eigenvalue weighted by Crippen LogP contribution is -2.81. The fourth-order valence-corrected chi connectivity index (χ4v) is 8.71. The predicted molar refractivity (Wildman–Crippen MR) is 149 cm³/mol. The second-order valence-corrected chi connectivity index (χ2v) is 13.1. The lowest BCUT2D eigenvalue weighted by molar-refractivity contribution is -0.346. The van der Waals surface area contributed by atoms with Crippen molar-refractivity contribution in [3.8, 4) is 0 Å². The number of carbonyl (C=O) groups is 3. The average Bonchev–Trinajstić information content (AvgIpc) is 2.94. The normalized spacial score (nSPS) is 40.5. The zero-order chi connectivity index (χ0) is 30.8. The smallest absolute Gasteiger partial charge is 0.338 e. The molecule has 3 N–H and O–H groups in total. The number of esters is 2. The number of fused-ring (bicyclic) bond motifs is 5. The summed E-state index contributed by atoms with van der Waals surface area (Å²) >= 11 is 0. The summed E-state index contributed by atoms with van der Waals surface area (Å²) < 4.78 is 24.3. The van der Waals surface area contributed by atoms with Crippen LogP contribution in [0.25, 0.3) is 0 Å². The van der Waals surface area contributed by atoms with Gasteiger partial charge in [0.25, 0.3) is 0 Å². The Hall–Kier alpha value is -2.63. The maximum Gasteiger partial charge on any atom is 0.338 e. The molecule has 0 spiro atoms. The van der Waals surface area contributed by atoms with Crippen LogP contribution in [0.3, 0.4) is 0 Å². The van der Waals surface area contributed by atoms with E-state index in [1.165, 1.54) is 14.0 Å². The van der Waals surface area contributed by atoms with Crippen LogP contribution < -0.4 is 0 Å². The number of hydrogen-bond donors (Lipinski definition) is 3. The van der Waals surface area contributed by atoms with Gasteiger partial charge in [-0.2, -0.15) is 0 Å². The first-order chi connectivity index (χ1) is 19.7. The van der Waals surface area contributed by atoms with Gasteiger partial charge in [0, 0.05) is 38.4 Å². The molecule has 9 atom stereocenters. The van der Waals surface area contributed by atoms with Crippen molar-refractivity contribution in [3.05, 3.63) is 47.0 Å². The molecule has 1 aromatic carbocycles. The van der Waals surface area contributed by atoms with Gasteiger partial charge in [-0.3, -0.25) is 9.59 Å². The van der Waals surface area contributed by atoms with Crippen molar-refractivity contribution in [3.63, 3.8) is 0 Å². The van der Waals surface area contributed by atoms with E-state index in [2.05, 4.69) is 0 Å². The predicted octanol–water partition coefficient (Wildman–Crippen LogP) is 2.23. The van der Waals surface area contributed by atoms with Crippen LogP contribution >= 0.6 is 0 Å². The Labute approximate surface area is 246 Å². The van der Waals surface area contributed by atoms with Crippen LogP contribution in [0.5, 0.6) is 0 Å². The number of rotatable bonds is 6. The highest BCUT2D eigenvalue weighted by atomic mass is 16.6. The van der Waals surface area contributed by atoms with E-state index in [0.717, 1.165) is 0 Å². The van der Waals surface area contributed by atoms with E-state index in [-0.39, 0.29) is 37.4 Å². The van der Waals surface area contributed by atoms with E-state index in [1.54, 1.807) is 51.1 Å². The van der Waals surface area contributed by atoms with Crippen molar-refractivity contribution in [2.75, 3.05) is 26.9 Å². The lowest BCUT2D eigenvalue weighted by Gasteiger charge is -2.68. The van der Waals surface area contributed by atoms with E-state index in [0.29, 0.717) is 11.1 Å². The molecular weight excluding hydrogens is 544 g/mol. The van der Waals surface area contributed by atoms with Crippen LogP contribution in [0.4, 0.5) is 0 Å². The molecule has 3 aliphatic carbocycles. The van der Waals surface area contributed by atoms with Crippen molar-refractivity contribution in [2.45, 2.75) is 77.0 Å². The Morgan fingerprint density at radius 1 is 1.10 bits per heavy atom. The molecular formula is C32H42O10.